The molecule has 1 amide bonds. The zero-order valence-electron chi connectivity index (χ0n) is 15.4. The maximum atomic E-state index is 14.5. The lowest BCUT2D eigenvalue weighted by molar-refractivity contribution is 0.0947. The standard InChI is InChI=1S/C20H22FN5O/c1-12(2)10-23-18-19-24-11-17(26(19)8-7-22-18)13-3-6-15(16(21)9-13)20(27)25-14-4-5-14/h3,6-9,11-12,14H,4-5,10H2,1-2H3,(H,22,23)(H,25,27). The molecule has 0 spiro atoms. The molecule has 1 aromatic carbocycles. The Morgan fingerprint density at radius 1 is 1.33 bits per heavy atom. The van der Waals surface area contributed by atoms with E-state index in [2.05, 4.69) is 34.4 Å². The highest BCUT2D eigenvalue weighted by atomic mass is 19.1. The fraction of sp³-hybridized carbons (Fsp3) is 0.350. The minimum Gasteiger partial charge on any atom is -0.367 e. The molecule has 7 heteroatoms. The Balaban J connectivity index is 1.65. The zero-order valence-corrected chi connectivity index (χ0v) is 15.4. The van der Waals surface area contributed by atoms with Crippen molar-refractivity contribution < 1.29 is 9.18 Å². The lowest BCUT2D eigenvalue weighted by Gasteiger charge is -2.10. The minimum absolute atomic E-state index is 0.0698. The normalized spacial score (nSPS) is 13.9. The number of anilines is 1. The highest BCUT2D eigenvalue weighted by molar-refractivity contribution is 5.95. The number of amides is 1. The van der Waals surface area contributed by atoms with Crippen molar-refractivity contribution in [2.75, 3.05) is 11.9 Å². The molecule has 2 heterocycles. The Hall–Kier alpha value is -2.96. The molecule has 27 heavy (non-hydrogen) atoms. The summed E-state index contributed by atoms with van der Waals surface area (Å²) in [6.07, 6.45) is 7.11. The van der Waals surface area contributed by atoms with Crippen LogP contribution in [-0.4, -0.2) is 32.9 Å². The van der Waals surface area contributed by atoms with E-state index in [-0.39, 0.29) is 17.5 Å². The number of fused-ring (bicyclic) bond motifs is 1. The van der Waals surface area contributed by atoms with Crippen molar-refractivity contribution in [3.8, 4) is 11.3 Å². The average Bonchev–Trinajstić information content (AvgIpc) is 3.34. The first-order valence-corrected chi connectivity index (χ1v) is 9.19. The fourth-order valence-electron chi connectivity index (χ4n) is 2.91. The molecule has 2 aromatic heterocycles. The molecule has 0 saturated heterocycles. The summed E-state index contributed by atoms with van der Waals surface area (Å²) >= 11 is 0. The predicted molar refractivity (Wildman–Crippen MR) is 102 cm³/mol. The van der Waals surface area contributed by atoms with Gasteiger partial charge >= 0.3 is 0 Å². The number of rotatable bonds is 6. The second-order valence-electron chi connectivity index (χ2n) is 7.33. The number of imidazole rings is 1. The summed E-state index contributed by atoms with van der Waals surface area (Å²) in [7, 11) is 0. The van der Waals surface area contributed by atoms with E-state index in [0.717, 1.165) is 25.1 Å². The number of nitrogens with one attached hydrogen (secondary N) is 2. The van der Waals surface area contributed by atoms with Gasteiger partial charge in [0.15, 0.2) is 11.5 Å². The Morgan fingerprint density at radius 3 is 2.85 bits per heavy atom. The van der Waals surface area contributed by atoms with Crippen molar-refractivity contribution in [2.45, 2.75) is 32.7 Å². The molecular formula is C20H22FN5O. The summed E-state index contributed by atoms with van der Waals surface area (Å²) < 4.78 is 16.4. The number of nitrogens with zero attached hydrogens (tertiary/aromatic N) is 3. The summed E-state index contributed by atoms with van der Waals surface area (Å²) in [5.74, 6) is 0.278. The summed E-state index contributed by atoms with van der Waals surface area (Å²) in [5.41, 5.74) is 2.15. The first-order chi connectivity index (χ1) is 13.0. The van der Waals surface area contributed by atoms with Crippen molar-refractivity contribution in [2.24, 2.45) is 5.92 Å². The van der Waals surface area contributed by atoms with E-state index in [9.17, 15) is 9.18 Å². The molecule has 0 radical (unpaired) electrons. The first kappa shape index (κ1) is 17.5. The quantitative estimate of drug-likeness (QED) is 0.700. The minimum atomic E-state index is -0.534. The average molecular weight is 367 g/mol. The predicted octanol–water partition coefficient (Wildman–Crippen LogP) is 3.50. The summed E-state index contributed by atoms with van der Waals surface area (Å²) in [5, 5.41) is 6.10. The SMILES string of the molecule is CC(C)CNc1nccn2c(-c3ccc(C(=O)NC4CC4)c(F)c3)cnc12. The highest BCUT2D eigenvalue weighted by Crippen LogP contribution is 2.26. The molecule has 4 rings (SSSR count). The van der Waals surface area contributed by atoms with Gasteiger partial charge in [-0.2, -0.15) is 0 Å². The molecule has 0 bridgehead atoms. The molecule has 0 atom stereocenters. The van der Waals surface area contributed by atoms with Gasteiger partial charge in [0.05, 0.1) is 17.5 Å². The maximum Gasteiger partial charge on any atom is 0.254 e. The smallest absolute Gasteiger partial charge is 0.254 e. The van der Waals surface area contributed by atoms with Crippen molar-refractivity contribution in [1.82, 2.24) is 19.7 Å². The van der Waals surface area contributed by atoms with Gasteiger partial charge in [-0.25, -0.2) is 14.4 Å². The molecular weight excluding hydrogens is 345 g/mol. The summed E-state index contributed by atoms with van der Waals surface area (Å²) in [4.78, 5) is 20.9. The second-order valence-corrected chi connectivity index (χ2v) is 7.33. The van der Waals surface area contributed by atoms with Gasteiger partial charge in [0.2, 0.25) is 0 Å². The Bertz CT molecular complexity index is 993. The largest absolute Gasteiger partial charge is 0.367 e. The lowest BCUT2D eigenvalue weighted by Crippen LogP contribution is -2.26. The van der Waals surface area contributed by atoms with Gasteiger partial charge in [0, 0.05) is 30.5 Å². The molecule has 140 valence electrons. The van der Waals surface area contributed by atoms with E-state index < -0.39 is 5.82 Å². The Labute approximate surface area is 156 Å². The summed E-state index contributed by atoms with van der Waals surface area (Å²) in [6, 6.07) is 4.85. The van der Waals surface area contributed by atoms with Crippen LogP contribution in [0, 0.1) is 11.7 Å². The van der Waals surface area contributed by atoms with E-state index >= 15 is 0 Å². The van der Waals surface area contributed by atoms with E-state index in [1.54, 1.807) is 24.7 Å². The van der Waals surface area contributed by atoms with Crippen LogP contribution in [0.5, 0.6) is 0 Å². The number of carbonyl (C=O) groups excluding carboxylic acids is 1. The van der Waals surface area contributed by atoms with Gasteiger partial charge in [-0.1, -0.05) is 19.9 Å². The Morgan fingerprint density at radius 2 is 2.15 bits per heavy atom. The van der Waals surface area contributed by atoms with Crippen LogP contribution in [0.4, 0.5) is 10.2 Å². The molecule has 3 aromatic rings. The van der Waals surface area contributed by atoms with Gasteiger partial charge in [-0.15, -0.1) is 0 Å². The number of halogens is 1. The molecule has 0 unspecified atom stereocenters. The van der Waals surface area contributed by atoms with Gasteiger partial charge in [0.25, 0.3) is 5.91 Å². The monoisotopic (exact) mass is 367 g/mol. The number of hydrogen-bond donors (Lipinski definition) is 2. The number of aromatic nitrogens is 3. The van der Waals surface area contributed by atoms with Gasteiger partial charge in [0.1, 0.15) is 5.82 Å². The fourth-order valence-corrected chi connectivity index (χ4v) is 2.91. The third kappa shape index (κ3) is 3.63. The van der Waals surface area contributed by atoms with Crippen LogP contribution in [-0.2, 0) is 0 Å². The molecule has 0 aliphatic heterocycles. The molecule has 1 saturated carbocycles. The molecule has 6 nitrogen and oxygen atoms in total. The third-order valence-corrected chi connectivity index (χ3v) is 4.53. The maximum absolute atomic E-state index is 14.5. The van der Waals surface area contributed by atoms with Crippen LogP contribution in [0.1, 0.15) is 37.0 Å². The zero-order chi connectivity index (χ0) is 19.0. The van der Waals surface area contributed by atoms with Crippen LogP contribution in [0.2, 0.25) is 0 Å². The highest BCUT2D eigenvalue weighted by Gasteiger charge is 2.25. The van der Waals surface area contributed by atoms with E-state index in [1.165, 1.54) is 12.1 Å². The number of hydrogen-bond acceptors (Lipinski definition) is 4. The lowest BCUT2D eigenvalue weighted by atomic mass is 10.1. The van der Waals surface area contributed by atoms with Gasteiger partial charge in [-0.3, -0.25) is 9.20 Å². The van der Waals surface area contributed by atoms with E-state index in [4.69, 9.17) is 0 Å². The second kappa shape index (κ2) is 6.98. The van der Waals surface area contributed by atoms with E-state index in [1.807, 2.05) is 4.40 Å². The molecule has 1 aliphatic rings. The van der Waals surface area contributed by atoms with Crippen molar-refractivity contribution >= 4 is 17.4 Å². The van der Waals surface area contributed by atoms with Crippen molar-refractivity contribution in [3.63, 3.8) is 0 Å². The summed E-state index contributed by atoms with van der Waals surface area (Å²) in [6.45, 7) is 5.02. The van der Waals surface area contributed by atoms with Crippen LogP contribution in [0.15, 0.2) is 36.8 Å². The van der Waals surface area contributed by atoms with Crippen molar-refractivity contribution in [1.29, 1.82) is 0 Å². The molecule has 1 aliphatic carbocycles. The van der Waals surface area contributed by atoms with Crippen LogP contribution < -0.4 is 10.6 Å². The number of benzene rings is 1. The van der Waals surface area contributed by atoms with Crippen LogP contribution in [0.3, 0.4) is 0 Å². The topological polar surface area (TPSA) is 71.3 Å². The van der Waals surface area contributed by atoms with Crippen molar-refractivity contribution in [3.05, 3.63) is 48.2 Å². The van der Waals surface area contributed by atoms with E-state index in [0.29, 0.717) is 22.9 Å². The van der Waals surface area contributed by atoms with Crippen LogP contribution in [0.25, 0.3) is 16.9 Å². The van der Waals surface area contributed by atoms with Gasteiger partial charge < -0.3 is 10.6 Å². The first-order valence-electron chi connectivity index (χ1n) is 9.19. The number of carbonyl (C=O) groups is 1. The molecule has 2 N–H and O–H groups in total. The van der Waals surface area contributed by atoms with Crippen LogP contribution >= 0.6 is 0 Å². The van der Waals surface area contributed by atoms with Gasteiger partial charge in [-0.05, 0) is 30.9 Å². The molecule has 1 fully saturated rings. The Kier molecular flexibility index (Phi) is 4.51. The third-order valence-electron chi connectivity index (χ3n) is 4.53.